The highest BCUT2D eigenvalue weighted by Crippen LogP contribution is 2.10. The molecule has 1 amide bonds. The lowest BCUT2D eigenvalue weighted by Gasteiger charge is -1.97. The minimum atomic E-state index is -3.19. The lowest BCUT2D eigenvalue weighted by atomic mass is 10.1. The van der Waals surface area contributed by atoms with Crippen molar-refractivity contribution in [1.82, 2.24) is 0 Å². The first-order valence-electron chi connectivity index (χ1n) is 6.08. The first-order chi connectivity index (χ1) is 9.86. The predicted octanol–water partition coefficient (Wildman–Crippen LogP) is 1.59. The molecular weight excluding hydrogens is 286 g/mol. The highest BCUT2D eigenvalue weighted by atomic mass is 32.2. The summed E-state index contributed by atoms with van der Waals surface area (Å²) >= 11 is 0. The van der Waals surface area contributed by atoms with Gasteiger partial charge in [0.2, 0.25) is 5.91 Å². The van der Waals surface area contributed by atoms with Crippen molar-refractivity contribution in [3.05, 3.63) is 65.2 Å². The van der Waals surface area contributed by atoms with Gasteiger partial charge in [-0.05, 0) is 48.5 Å². The predicted molar refractivity (Wildman–Crippen MR) is 80.5 cm³/mol. The molecule has 2 aromatic rings. The number of amides is 1. The van der Waals surface area contributed by atoms with Crippen LogP contribution in [-0.2, 0) is 9.84 Å². The maximum absolute atomic E-state index is 11.3. The summed E-state index contributed by atoms with van der Waals surface area (Å²) in [5.74, 6) is 5.38. The van der Waals surface area contributed by atoms with Gasteiger partial charge in [-0.1, -0.05) is 11.8 Å². The molecule has 5 heteroatoms. The number of nitrogens with two attached hydrogens (primary N) is 1. The normalized spacial score (nSPS) is 10.5. The minimum Gasteiger partial charge on any atom is -0.366 e. The molecule has 0 atom stereocenters. The highest BCUT2D eigenvalue weighted by Gasteiger charge is 2.05. The van der Waals surface area contributed by atoms with Gasteiger partial charge in [0.25, 0.3) is 0 Å². The zero-order chi connectivity index (χ0) is 15.5. The minimum absolute atomic E-state index is 0.263. The van der Waals surface area contributed by atoms with Gasteiger partial charge in [0, 0.05) is 22.9 Å². The summed E-state index contributed by atoms with van der Waals surface area (Å²) in [6, 6.07) is 13.0. The monoisotopic (exact) mass is 299 g/mol. The molecule has 0 bridgehead atoms. The third-order valence-corrected chi connectivity index (χ3v) is 3.93. The van der Waals surface area contributed by atoms with Crippen LogP contribution in [0.25, 0.3) is 0 Å². The van der Waals surface area contributed by atoms with Gasteiger partial charge >= 0.3 is 0 Å². The molecule has 0 heterocycles. The number of hydrogen-bond donors (Lipinski definition) is 1. The maximum Gasteiger partial charge on any atom is 0.248 e. The van der Waals surface area contributed by atoms with E-state index >= 15 is 0 Å². The fourth-order valence-electron chi connectivity index (χ4n) is 1.65. The SMILES string of the molecule is CS(=O)(=O)c1ccc(C#Cc2ccc(C(N)=O)cc2)cc1. The summed E-state index contributed by atoms with van der Waals surface area (Å²) in [5, 5.41) is 0. The van der Waals surface area contributed by atoms with Gasteiger partial charge in [0.15, 0.2) is 9.84 Å². The van der Waals surface area contributed by atoms with Gasteiger partial charge in [-0.15, -0.1) is 0 Å². The fraction of sp³-hybridized carbons (Fsp3) is 0.0625. The van der Waals surface area contributed by atoms with E-state index in [-0.39, 0.29) is 4.90 Å². The van der Waals surface area contributed by atoms with E-state index in [1.807, 2.05) is 0 Å². The molecule has 0 fully saturated rings. The first kappa shape index (κ1) is 14.8. The Balaban J connectivity index is 2.21. The molecule has 0 aromatic heterocycles. The molecule has 2 N–H and O–H groups in total. The summed E-state index contributed by atoms with van der Waals surface area (Å²) in [4.78, 5) is 11.2. The van der Waals surface area contributed by atoms with Gasteiger partial charge in [-0.25, -0.2) is 8.42 Å². The summed E-state index contributed by atoms with van der Waals surface area (Å²) in [6.07, 6.45) is 1.16. The third kappa shape index (κ3) is 3.94. The quantitative estimate of drug-likeness (QED) is 0.855. The molecule has 4 nitrogen and oxygen atoms in total. The smallest absolute Gasteiger partial charge is 0.248 e. The van der Waals surface area contributed by atoms with Crippen LogP contribution in [0, 0.1) is 11.8 Å². The van der Waals surface area contributed by atoms with Crippen LogP contribution >= 0.6 is 0 Å². The zero-order valence-corrected chi connectivity index (χ0v) is 12.1. The summed E-state index contributed by atoms with van der Waals surface area (Å²) in [5.41, 5.74) is 7.04. The summed E-state index contributed by atoms with van der Waals surface area (Å²) in [7, 11) is -3.19. The third-order valence-electron chi connectivity index (χ3n) is 2.80. The van der Waals surface area contributed by atoms with Gasteiger partial charge < -0.3 is 5.73 Å². The molecule has 0 aliphatic rings. The van der Waals surface area contributed by atoms with E-state index in [0.29, 0.717) is 11.1 Å². The van der Waals surface area contributed by atoms with Crippen LogP contribution in [0.15, 0.2) is 53.4 Å². The van der Waals surface area contributed by atoms with E-state index in [1.54, 1.807) is 36.4 Å². The van der Waals surface area contributed by atoms with Crippen molar-refractivity contribution in [2.24, 2.45) is 5.73 Å². The van der Waals surface area contributed by atoms with Crippen LogP contribution in [-0.4, -0.2) is 20.6 Å². The summed E-state index contributed by atoms with van der Waals surface area (Å²) < 4.78 is 22.7. The van der Waals surface area contributed by atoms with Gasteiger partial charge in [0.1, 0.15) is 0 Å². The van der Waals surface area contributed by atoms with Crippen molar-refractivity contribution in [3.8, 4) is 11.8 Å². The number of hydrogen-bond acceptors (Lipinski definition) is 3. The zero-order valence-electron chi connectivity index (χ0n) is 11.3. The van der Waals surface area contributed by atoms with Crippen molar-refractivity contribution in [3.63, 3.8) is 0 Å². The van der Waals surface area contributed by atoms with Crippen LogP contribution in [0.2, 0.25) is 0 Å². The maximum atomic E-state index is 11.3. The molecule has 0 aliphatic carbocycles. The molecule has 0 saturated heterocycles. The Morgan fingerprint density at radius 2 is 1.33 bits per heavy atom. The molecule has 0 unspecified atom stereocenters. The van der Waals surface area contributed by atoms with Crippen LogP contribution in [0.4, 0.5) is 0 Å². The topological polar surface area (TPSA) is 77.2 Å². The number of primary amides is 1. The van der Waals surface area contributed by atoms with Crippen molar-refractivity contribution < 1.29 is 13.2 Å². The molecule has 21 heavy (non-hydrogen) atoms. The van der Waals surface area contributed by atoms with Crippen LogP contribution in [0.5, 0.6) is 0 Å². The van der Waals surface area contributed by atoms with Crippen LogP contribution < -0.4 is 5.73 Å². The fourth-order valence-corrected chi connectivity index (χ4v) is 2.28. The average Bonchev–Trinajstić information content (AvgIpc) is 2.45. The van der Waals surface area contributed by atoms with Gasteiger partial charge in [-0.2, -0.15) is 0 Å². The Morgan fingerprint density at radius 3 is 1.71 bits per heavy atom. The number of carbonyl (C=O) groups is 1. The Labute approximate surface area is 123 Å². The molecule has 0 spiro atoms. The van der Waals surface area contributed by atoms with Crippen molar-refractivity contribution in [2.45, 2.75) is 4.90 Å². The second kappa shape index (κ2) is 5.81. The second-order valence-electron chi connectivity index (χ2n) is 4.49. The largest absolute Gasteiger partial charge is 0.366 e. The van der Waals surface area contributed by atoms with Crippen molar-refractivity contribution >= 4 is 15.7 Å². The Kier molecular flexibility index (Phi) is 4.10. The van der Waals surface area contributed by atoms with Crippen LogP contribution in [0.3, 0.4) is 0 Å². The number of sulfone groups is 1. The molecular formula is C16H13NO3S. The second-order valence-corrected chi connectivity index (χ2v) is 6.50. The van der Waals surface area contributed by atoms with Crippen LogP contribution in [0.1, 0.15) is 21.5 Å². The van der Waals surface area contributed by atoms with E-state index in [4.69, 9.17) is 5.73 Å². The van der Waals surface area contributed by atoms with Gasteiger partial charge in [0.05, 0.1) is 4.90 Å². The lowest BCUT2D eigenvalue weighted by molar-refractivity contribution is 0.100. The van der Waals surface area contributed by atoms with E-state index in [2.05, 4.69) is 11.8 Å². The molecule has 2 rings (SSSR count). The Hall–Kier alpha value is -2.58. The Bertz CT molecular complexity index is 824. The summed E-state index contributed by atoms with van der Waals surface area (Å²) in [6.45, 7) is 0. The standard InChI is InChI=1S/C16H13NO3S/c1-21(19,20)15-10-6-13(7-11-15)3-2-12-4-8-14(9-5-12)16(17)18/h4-11H,1H3,(H2,17,18). The van der Waals surface area contributed by atoms with E-state index < -0.39 is 15.7 Å². The number of rotatable bonds is 2. The highest BCUT2D eigenvalue weighted by molar-refractivity contribution is 7.90. The first-order valence-corrected chi connectivity index (χ1v) is 7.97. The van der Waals surface area contributed by atoms with Crippen molar-refractivity contribution in [1.29, 1.82) is 0 Å². The van der Waals surface area contributed by atoms with Crippen molar-refractivity contribution in [2.75, 3.05) is 6.26 Å². The number of benzene rings is 2. The van der Waals surface area contributed by atoms with E-state index in [1.165, 1.54) is 12.1 Å². The molecule has 2 aromatic carbocycles. The molecule has 0 aliphatic heterocycles. The van der Waals surface area contributed by atoms with E-state index in [0.717, 1.165) is 11.8 Å². The number of carbonyl (C=O) groups excluding carboxylic acids is 1. The molecule has 106 valence electrons. The van der Waals surface area contributed by atoms with Gasteiger partial charge in [-0.3, -0.25) is 4.79 Å². The van der Waals surface area contributed by atoms with E-state index in [9.17, 15) is 13.2 Å². The lowest BCUT2D eigenvalue weighted by Crippen LogP contribution is -2.10. The molecule has 0 saturated carbocycles. The Morgan fingerprint density at radius 1 is 0.905 bits per heavy atom. The molecule has 0 radical (unpaired) electrons. The average molecular weight is 299 g/mol.